The minimum absolute atomic E-state index is 0.151. The van der Waals surface area contributed by atoms with Gasteiger partial charge in [-0.2, -0.15) is 0 Å². The SMILES string of the molecule is CCn1cccc1C(=O)OC1CCCC1. The van der Waals surface area contributed by atoms with Crippen LogP contribution in [-0.4, -0.2) is 16.6 Å². The predicted octanol–water partition coefficient (Wildman–Crippen LogP) is 2.61. The summed E-state index contributed by atoms with van der Waals surface area (Å²) in [6.07, 6.45) is 6.49. The van der Waals surface area contributed by atoms with Gasteiger partial charge >= 0.3 is 5.97 Å². The Kier molecular flexibility index (Phi) is 3.09. The second kappa shape index (κ2) is 4.51. The molecule has 3 heteroatoms. The van der Waals surface area contributed by atoms with Crippen LogP contribution in [0.5, 0.6) is 0 Å². The Hall–Kier alpha value is -1.25. The summed E-state index contributed by atoms with van der Waals surface area (Å²) < 4.78 is 7.35. The molecule has 0 spiro atoms. The molecule has 82 valence electrons. The first-order valence-corrected chi connectivity index (χ1v) is 5.67. The van der Waals surface area contributed by atoms with E-state index < -0.39 is 0 Å². The molecule has 0 bridgehead atoms. The van der Waals surface area contributed by atoms with Gasteiger partial charge in [0.05, 0.1) is 0 Å². The number of ether oxygens (including phenoxy) is 1. The predicted molar refractivity (Wildman–Crippen MR) is 57.8 cm³/mol. The zero-order chi connectivity index (χ0) is 10.7. The molecule has 1 aliphatic carbocycles. The van der Waals surface area contributed by atoms with E-state index in [1.54, 1.807) is 0 Å². The number of carbonyl (C=O) groups excluding carboxylic acids is 1. The van der Waals surface area contributed by atoms with E-state index in [0.717, 1.165) is 19.4 Å². The van der Waals surface area contributed by atoms with Crippen molar-refractivity contribution in [3.63, 3.8) is 0 Å². The third-order valence-electron chi connectivity index (χ3n) is 2.96. The van der Waals surface area contributed by atoms with Crippen molar-refractivity contribution >= 4 is 5.97 Å². The Morgan fingerprint density at radius 3 is 2.93 bits per heavy atom. The van der Waals surface area contributed by atoms with Crippen molar-refractivity contribution in [3.8, 4) is 0 Å². The molecule has 2 rings (SSSR count). The molecule has 0 N–H and O–H groups in total. The Bertz CT molecular complexity index is 337. The normalized spacial score (nSPS) is 16.9. The first-order valence-electron chi connectivity index (χ1n) is 5.67. The minimum Gasteiger partial charge on any atom is -0.458 e. The van der Waals surface area contributed by atoms with Gasteiger partial charge in [-0.1, -0.05) is 0 Å². The van der Waals surface area contributed by atoms with Crippen LogP contribution in [0.15, 0.2) is 18.3 Å². The van der Waals surface area contributed by atoms with E-state index in [-0.39, 0.29) is 12.1 Å². The first-order chi connectivity index (χ1) is 7.31. The summed E-state index contributed by atoms with van der Waals surface area (Å²) >= 11 is 0. The number of nitrogens with zero attached hydrogens (tertiary/aromatic N) is 1. The highest BCUT2D eigenvalue weighted by Crippen LogP contribution is 2.22. The summed E-state index contributed by atoms with van der Waals surface area (Å²) in [7, 11) is 0. The highest BCUT2D eigenvalue weighted by molar-refractivity contribution is 5.87. The zero-order valence-electron chi connectivity index (χ0n) is 9.11. The largest absolute Gasteiger partial charge is 0.458 e. The third kappa shape index (κ3) is 2.22. The highest BCUT2D eigenvalue weighted by Gasteiger charge is 2.21. The number of aromatic nitrogens is 1. The number of carbonyl (C=O) groups is 1. The number of hydrogen-bond acceptors (Lipinski definition) is 2. The molecule has 0 aliphatic heterocycles. The maximum Gasteiger partial charge on any atom is 0.355 e. The molecular weight excluding hydrogens is 190 g/mol. The summed E-state index contributed by atoms with van der Waals surface area (Å²) in [6, 6.07) is 3.70. The molecule has 0 saturated heterocycles. The molecule has 0 atom stereocenters. The highest BCUT2D eigenvalue weighted by atomic mass is 16.5. The lowest BCUT2D eigenvalue weighted by molar-refractivity contribution is 0.0305. The molecule has 0 unspecified atom stereocenters. The lowest BCUT2D eigenvalue weighted by Gasteiger charge is -2.12. The molecule has 1 aromatic heterocycles. The summed E-state index contributed by atoms with van der Waals surface area (Å²) in [6.45, 7) is 2.83. The maximum atomic E-state index is 11.8. The van der Waals surface area contributed by atoms with Crippen LogP contribution < -0.4 is 0 Å². The van der Waals surface area contributed by atoms with Crippen LogP contribution in [0.3, 0.4) is 0 Å². The minimum atomic E-state index is -0.172. The molecule has 0 aromatic carbocycles. The topological polar surface area (TPSA) is 31.2 Å². The molecule has 3 nitrogen and oxygen atoms in total. The van der Waals surface area contributed by atoms with Crippen molar-refractivity contribution in [2.75, 3.05) is 0 Å². The van der Waals surface area contributed by atoms with E-state index in [4.69, 9.17) is 4.74 Å². The Balaban J connectivity index is 2.00. The number of aryl methyl sites for hydroxylation is 1. The van der Waals surface area contributed by atoms with Crippen LogP contribution in [0.1, 0.15) is 43.1 Å². The fraction of sp³-hybridized carbons (Fsp3) is 0.583. The molecule has 1 aliphatic rings. The molecular formula is C12H17NO2. The molecule has 1 saturated carbocycles. The quantitative estimate of drug-likeness (QED) is 0.713. The van der Waals surface area contributed by atoms with Crippen molar-refractivity contribution in [1.29, 1.82) is 0 Å². The average molecular weight is 207 g/mol. The molecule has 1 fully saturated rings. The van der Waals surface area contributed by atoms with Crippen molar-refractivity contribution in [2.24, 2.45) is 0 Å². The van der Waals surface area contributed by atoms with E-state index in [1.807, 2.05) is 29.8 Å². The zero-order valence-corrected chi connectivity index (χ0v) is 9.11. The van der Waals surface area contributed by atoms with E-state index in [1.165, 1.54) is 12.8 Å². The van der Waals surface area contributed by atoms with Gasteiger partial charge in [-0.15, -0.1) is 0 Å². The van der Waals surface area contributed by atoms with Gasteiger partial charge in [-0.25, -0.2) is 4.79 Å². The Morgan fingerprint density at radius 2 is 2.27 bits per heavy atom. The fourth-order valence-electron chi connectivity index (χ4n) is 2.09. The van der Waals surface area contributed by atoms with Gasteiger partial charge in [0.2, 0.25) is 0 Å². The van der Waals surface area contributed by atoms with Gasteiger partial charge in [0, 0.05) is 12.7 Å². The second-order valence-corrected chi connectivity index (χ2v) is 3.99. The summed E-state index contributed by atoms with van der Waals surface area (Å²) in [4.78, 5) is 11.8. The van der Waals surface area contributed by atoms with Gasteiger partial charge < -0.3 is 9.30 Å². The van der Waals surface area contributed by atoms with Gasteiger partial charge in [-0.05, 0) is 44.7 Å². The van der Waals surface area contributed by atoms with Crippen molar-refractivity contribution in [2.45, 2.75) is 45.3 Å². The van der Waals surface area contributed by atoms with Crippen LogP contribution in [0, 0.1) is 0 Å². The molecule has 0 amide bonds. The van der Waals surface area contributed by atoms with Crippen molar-refractivity contribution < 1.29 is 9.53 Å². The van der Waals surface area contributed by atoms with Gasteiger partial charge in [0.25, 0.3) is 0 Å². The third-order valence-corrected chi connectivity index (χ3v) is 2.96. The van der Waals surface area contributed by atoms with Crippen molar-refractivity contribution in [1.82, 2.24) is 4.57 Å². The fourth-order valence-corrected chi connectivity index (χ4v) is 2.09. The van der Waals surface area contributed by atoms with Crippen molar-refractivity contribution in [3.05, 3.63) is 24.0 Å². The average Bonchev–Trinajstić information content (AvgIpc) is 2.86. The van der Waals surface area contributed by atoms with Gasteiger partial charge in [0.1, 0.15) is 11.8 Å². The monoisotopic (exact) mass is 207 g/mol. The van der Waals surface area contributed by atoms with E-state index in [0.29, 0.717) is 5.69 Å². The van der Waals surface area contributed by atoms with Crippen LogP contribution in [0.25, 0.3) is 0 Å². The van der Waals surface area contributed by atoms with Crippen LogP contribution in [0.2, 0.25) is 0 Å². The number of rotatable bonds is 3. The van der Waals surface area contributed by atoms with Crippen LogP contribution >= 0.6 is 0 Å². The van der Waals surface area contributed by atoms with Gasteiger partial charge in [0.15, 0.2) is 0 Å². The lowest BCUT2D eigenvalue weighted by Crippen LogP contribution is -2.17. The Labute approximate surface area is 90.0 Å². The van der Waals surface area contributed by atoms with E-state index in [2.05, 4.69) is 0 Å². The summed E-state index contributed by atoms with van der Waals surface area (Å²) in [5.74, 6) is -0.172. The smallest absolute Gasteiger partial charge is 0.355 e. The number of esters is 1. The van der Waals surface area contributed by atoms with Crippen LogP contribution in [0.4, 0.5) is 0 Å². The second-order valence-electron chi connectivity index (χ2n) is 3.99. The summed E-state index contributed by atoms with van der Waals surface area (Å²) in [5, 5.41) is 0. The maximum absolute atomic E-state index is 11.8. The van der Waals surface area contributed by atoms with Crippen LogP contribution in [-0.2, 0) is 11.3 Å². The van der Waals surface area contributed by atoms with E-state index >= 15 is 0 Å². The molecule has 0 radical (unpaired) electrons. The van der Waals surface area contributed by atoms with Gasteiger partial charge in [-0.3, -0.25) is 0 Å². The Morgan fingerprint density at radius 1 is 1.53 bits per heavy atom. The summed E-state index contributed by atoms with van der Waals surface area (Å²) in [5.41, 5.74) is 0.671. The number of hydrogen-bond donors (Lipinski definition) is 0. The lowest BCUT2D eigenvalue weighted by atomic mass is 10.3. The molecule has 1 heterocycles. The molecule has 1 aromatic rings. The molecule has 15 heavy (non-hydrogen) atoms. The standard InChI is InChI=1S/C12H17NO2/c1-2-13-9-5-8-11(13)12(14)15-10-6-3-4-7-10/h5,8-10H,2-4,6-7H2,1H3. The first kappa shape index (κ1) is 10.3. The van der Waals surface area contributed by atoms with E-state index in [9.17, 15) is 4.79 Å².